The second-order valence-corrected chi connectivity index (χ2v) is 8.34. The van der Waals surface area contributed by atoms with Crippen molar-refractivity contribution in [1.29, 1.82) is 0 Å². The van der Waals surface area contributed by atoms with Crippen LogP contribution < -0.4 is 69.3 Å². The summed E-state index contributed by atoms with van der Waals surface area (Å²) in [6.45, 7) is 7.30. The Bertz CT molecular complexity index is 920. The average Bonchev–Trinajstić information content (AvgIpc) is 2.66. The van der Waals surface area contributed by atoms with Gasteiger partial charge in [0.1, 0.15) is 11.5 Å². The van der Waals surface area contributed by atoms with E-state index in [4.69, 9.17) is 0 Å². The fourth-order valence-electron chi connectivity index (χ4n) is 3.89. The maximum absolute atomic E-state index is 11.3. The molecule has 174 valence electrons. The molecule has 0 amide bonds. The van der Waals surface area contributed by atoms with Crippen LogP contribution >= 0.6 is 0 Å². The number of aromatic hydroxyl groups is 2. The Morgan fingerprint density at radius 1 is 0.706 bits per heavy atom. The summed E-state index contributed by atoms with van der Waals surface area (Å²) < 4.78 is 0. The summed E-state index contributed by atoms with van der Waals surface area (Å²) in [5, 5.41) is 43.3. The molecule has 2 aromatic rings. The summed E-state index contributed by atoms with van der Waals surface area (Å²) in [7, 11) is 0. The first-order chi connectivity index (χ1) is 15.0. The van der Waals surface area contributed by atoms with E-state index in [0.29, 0.717) is 22.3 Å². The summed E-state index contributed by atoms with van der Waals surface area (Å²) in [4.78, 5) is 25.7. The Kier molecular flexibility index (Phi) is 14.6. The predicted molar refractivity (Wildman–Crippen MR) is 116 cm³/mol. The smallest absolute Gasteiger partial charge is 0.549 e. The Morgan fingerprint density at radius 3 is 1.32 bits per heavy atom. The quantitative estimate of drug-likeness (QED) is 0.300. The van der Waals surface area contributed by atoms with Crippen molar-refractivity contribution in [3.05, 3.63) is 57.6 Å². The molecule has 0 heterocycles. The summed E-state index contributed by atoms with van der Waals surface area (Å²) in [6.07, 6.45) is 0. The first-order valence-electron chi connectivity index (χ1n) is 10.4. The van der Waals surface area contributed by atoms with E-state index in [1.807, 2.05) is 26.0 Å². The fourth-order valence-corrected chi connectivity index (χ4v) is 3.89. The molecule has 0 bridgehead atoms. The summed E-state index contributed by atoms with van der Waals surface area (Å²) >= 11 is 0. The number of nitrogens with zero attached hydrogens (tertiary/aromatic N) is 2. The molecule has 2 N–H and O–H groups in total. The summed E-state index contributed by atoms with van der Waals surface area (Å²) in [5.74, 6) is -2.34. The van der Waals surface area contributed by atoms with Crippen molar-refractivity contribution in [2.24, 2.45) is 0 Å². The van der Waals surface area contributed by atoms with Crippen molar-refractivity contribution in [2.75, 3.05) is 26.2 Å². The minimum atomic E-state index is -1.27. The van der Waals surface area contributed by atoms with Gasteiger partial charge in [-0.3, -0.25) is 9.80 Å². The Morgan fingerprint density at radius 2 is 1.03 bits per heavy atom. The number of hydrogen-bond acceptors (Lipinski definition) is 8. The zero-order chi connectivity index (χ0) is 24.0. The van der Waals surface area contributed by atoms with Gasteiger partial charge in [0.2, 0.25) is 0 Å². The monoisotopic (exact) mass is 488 g/mol. The molecule has 0 aliphatic rings. The van der Waals surface area contributed by atoms with Gasteiger partial charge in [0.15, 0.2) is 0 Å². The number of aryl methyl sites for hydroxylation is 4. The van der Waals surface area contributed by atoms with E-state index in [1.165, 1.54) is 0 Å². The number of carboxylic acid groups (broad SMARTS) is 2. The largest absolute Gasteiger partial charge is 1.00 e. The Hall–Kier alpha value is -1.10. The van der Waals surface area contributed by atoms with Crippen LogP contribution in [0.3, 0.4) is 0 Å². The van der Waals surface area contributed by atoms with Crippen molar-refractivity contribution >= 4 is 11.9 Å². The summed E-state index contributed by atoms with van der Waals surface area (Å²) in [5.41, 5.74) is 4.43. The third kappa shape index (κ3) is 10.3. The van der Waals surface area contributed by atoms with Gasteiger partial charge in [-0.2, -0.15) is 0 Å². The molecule has 0 aliphatic carbocycles. The minimum absolute atomic E-state index is 0. The molecule has 34 heavy (non-hydrogen) atoms. The van der Waals surface area contributed by atoms with Gasteiger partial charge in [-0.1, -0.05) is 35.4 Å². The molecule has 10 heteroatoms. The second-order valence-electron chi connectivity index (χ2n) is 8.34. The van der Waals surface area contributed by atoms with Gasteiger partial charge in [0.25, 0.3) is 0 Å². The number of benzene rings is 2. The van der Waals surface area contributed by atoms with Gasteiger partial charge < -0.3 is 30.0 Å². The SMILES string of the molecule is Cc1cc(C)c(O)c(CN(CCN(CC(=O)[O-])Cc2cc(C)cc(C)c2O)CC(=O)[O-])c1.[Na+].[Na+]. The molecular weight excluding hydrogens is 458 g/mol. The van der Waals surface area contributed by atoms with Crippen molar-refractivity contribution in [3.8, 4) is 11.5 Å². The minimum Gasteiger partial charge on any atom is -0.549 e. The molecule has 0 aliphatic heterocycles. The van der Waals surface area contributed by atoms with Crippen molar-refractivity contribution in [2.45, 2.75) is 40.8 Å². The van der Waals surface area contributed by atoms with Gasteiger partial charge in [0.05, 0.1) is 11.9 Å². The predicted octanol–water partition coefficient (Wildman–Crippen LogP) is -5.86. The van der Waals surface area contributed by atoms with Crippen LogP contribution in [0.15, 0.2) is 24.3 Å². The zero-order valence-corrected chi connectivity index (χ0v) is 25.0. The molecule has 8 nitrogen and oxygen atoms in total. The normalized spacial score (nSPS) is 10.6. The molecule has 0 radical (unpaired) electrons. The van der Waals surface area contributed by atoms with Crippen LogP contribution in [0.1, 0.15) is 33.4 Å². The fraction of sp³-hybridized carbons (Fsp3) is 0.417. The number of carbonyl (C=O) groups excluding carboxylic acids is 2. The van der Waals surface area contributed by atoms with Crippen LogP contribution in [-0.4, -0.2) is 58.1 Å². The Balaban J connectivity index is 0.00000544. The Labute approximate surface area is 245 Å². The van der Waals surface area contributed by atoms with Gasteiger partial charge in [-0.25, -0.2) is 0 Å². The number of hydrogen-bond donors (Lipinski definition) is 2. The maximum atomic E-state index is 11.3. The van der Waals surface area contributed by atoms with Crippen LogP contribution in [0.2, 0.25) is 0 Å². The number of phenols is 2. The molecule has 0 atom stereocenters. The molecule has 0 aromatic heterocycles. The second kappa shape index (κ2) is 15.1. The van der Waals surface area contributed by atoms with E-state index < -0.39 is 11.9 Å². The molecule has 2 aromatic carbocycles. The van der Waals surface area contributed by atoms with E-state index in [1.54, 1.807) is 35.8 Å². The first-order valence-corrected chi connectivity index (χ1v) is 10.4. The van der Waals surface area contributed by atoms with Crippen LogP contribution in [0.5, 0.6) is 11.5 Å². The topological polar surface area (TPSA) is 127 Å². The van der Waals surface area contributed by atoms with Gasteiger partial charge in [0, 0.05) is 50.4 Å². The number of aliphatic carboxylic acids is 2. The van der Waals surface area contributed by atoms with Gasteiger partial charge in [-0.15, -0.1) is 0 Å². The first kappa shape index (κ1) is 32.9. The molecule has 0 unspecified atom stereocenters. The molecule has 0 spiro atoms. The molecule has 2 rings (SSSR count). The van der Waals surface area contributed by atoms with Crippen molar-refractivity contribution in [3.63, 3.8) is 0 Å². The molecule has 0 saturated heterocycles. The van der Waals surface area contributed by atoms with Crippen LogP contribution in [0.4, 0.5) is 0 Å². The number of phenolic OH excluding ortho intramolecular Hbond substituents is 2. The molecule has 0 fully saturated rings. The molecule has 0 saturated carbocycles. The zero-order valence-electron chi connectivity index (χ0n) is 21.0. The number of rotatable bonds is 11. The third-order valence-corrected chi connectivity index (χ3v) is 5.27. The van der Waals surface area contributed by atoms with Crippen LogP contribution in [-0.2, 0) is 22.7 Å². The van der Waals surface area contributed by atoms with E-state index in [0.717, 1.165) is 11.1 Å². The van der Waals surface area contributed by atoms with Crippen LogP contribution in [0.25, 0.3) is 0 Å². The average molecular weight is 488 g/mol. The van der Waals surface area contributed by atoms with E-state index in [-0.39, 0.29) is 110 Å². The van der Waals surface area contributed by atoms with Gasteiger partial charge >= 0.3 is 59.1 Å². The van der Waals surface area contributed by atoms with Crippen LogP contribution in [0, 0.1) is 27.7 Å². The number of carbonyl (C=O) groups is 2. The standard InChI is InChI=1S/C24H32N2O6.2Na/c1-15-7-17(3)23(31)19(9-15)11-25(13-21(27)28)5-6-26(14-22(29)30)12-20-10-16(2)8-18(4)24(20)32;;/h7-10,31-32H,5-6,11-14H2,1-4H3,(H,27,28)(H,29,30);;/q;2*+1/p-2. The van der Waals surface area contributed by atoms with E-state index in [9.17, 15) is 30.0 Å². The number of carboxylic acids is 2. The van der Waals surface area contributed by atoms with Crippen molar-refractivity contribution < 1.29 is 89.1 Å². The molecular formula is C24H30N2Na2O6. The van der Waals surface area contributed by atoms with Gasteiger partial charge in [-0.05, 0) is 38.8 Å². The van der Waals surface area contributed by atoms with Crippen molar-refractivity contribution in [1.82, 2.24) is 9.80 Å². The van der Waals surface area contributed by atoms with E-state index in [2.05, 4.69) is 0 Å². The third-order valence-electron chi connectivity index (χ3n) is 5.27. The van der Waals surface area contributed by atoms with E-state index >= 15 is 0 Å². The summed E-state index contributed by atoms with van der Waals surface area (Å²) in [6, 6.07) is 7.24. The maximum Gasteiger partial charge on any atom is 1.00 e.